The number of nitrogens with zero attached hydrogens (tertiary/aromatic N) is 2. The lowest BCUT2D eigenvalue weighted by molar-refractivity contribution is -0.126. The third kappa shape index (κ3) is 5.55. The Hall–Kier alpha value is -2.45. The largest absolute Gasteiger partial charge is 0.355 e. The number of hydrogen-bond donors (Lipinski definition) is 1. The monoisotopic (exact) mass is 473 g/mol. The summed E-state index contributed by atoms with van der Waals surface area (Å²) in [5, 5.41) is 6.92. The average Bonchev–Trinajstić information content (AvgIpc) is 3.14. The van der Waals surface area contributed by atoms with E-state index in [4.69, 9.17) is 4.52 Å². The predicted molar refractivity (Wildman–Crippen MR) is 130 cm³/mol. The Morgan fingerprint density at radius 3 is 2.55 bits per heavy atom. The van der Waals surface area contributed by atoms with Gasteiger partial charge in [-0.05, 0) is 76.6 Å². The first-order valence-electron chi connectivity index (χ1n) is 11.6. The lowest BCUT2D eigenvalue weighted by atomic mass is 9.98. The molecule has 180 valence electrons. The van der Waals surface area contributed by atoms with Gasteiger partial charge in [-0.25, -0.2) is 8.42 Å². The van der Waals surface area contributed by atoms with Crippen LogP contribution in [0.3, 0.4) is 0 Å². The summed E-state index contributed by atoms with van der Waals surface area (Å²) in [6.07, 6.45) is 5.69. The molecule has 1 N–H and O–H groups in total. The van der Waals surface area contributed by atoms with Gasteiger partial charge < -0.3 is 9.84 Å². The number of aryl methyl sites for hydroxylation is 4. The van der Waals surface area contributed by atoms with Crippen molar-refractivity contribution in [1.82, 2.24) is 14.8 Å². The molecule has 1 aliphatic heterocycles. The molecule has 1 aromatic heterocycles. The quantitative estimate of drug-likeness (QED) is 0.644. The Labute approximate surface area is 197 Å². The zero-order valence-electron chi connectivity index (χ0n) is 20.4. The van der Waals surface area contributed by atoms with E-state index in [1.807, 2.05) is 40.7 Å². The van der Waals surface area contributed by atoms with E-state index in [1.165, 1.54) is 9.87 Å². The predicted octanol–water partition coefficient (Wildman–Crippen LogP) is 4.39. The summed E-state index contributed by atoms with van der Waals surface area (Å²) in [5.41, 5.74) is 4.74. The molecule has 1 aromatic carbocycles. The van der Waals surface area contributed by atoms with Crippen molar-refractivity contribution < 1.29 is 17.7 Å². The molecule has 0 bridgehead atoms. The van der Waals surface area contributed by atoms with Gasteiger partial charge in [0, 0.05) is 19.1 Å². The number of aromatic nitrogens is 1. The molecule has 2 heterocycles. The molecular formula is C25H35N3O4S. The number of carbonyl (C=O) groups is 1. The van der Waals surface area contributed by atoms with E-state index in [-0.39, 0.29) is 35.1 Å². The number of amides is 1. The van der Waals surface area contributed by atoms with E-state index in [9.17, 15) is 13.2 Å². The second kappa shape index (κ2) is 10.2. The minimum atomic E-state index is -3.87. The molecule has 7 nitrogen and oxygen atoms in total. The zero-order chi connectivity index (χ0) is 24.3. The fourth-order valence-electron chi connectivity index (χ4n) is 4.38. The topological polar surface area (TPSA) is 92.5 Å². The highest BCUT2D eigenvalue weighted by atomic mass is 32.2. The van der Waals surface area contributed by atoms with Crippen molar-refractivity contribution in [2.45, 2.75) is 71.7 Å². The highest BCUT2D eigenvalue weighted by Gasteiger charge is 2.37. The minimum Gasteiger partial charge on any atom is -0.355 e. The van der Waals surface area contributed by atoms with Crippen LogP contribution in [0.15, 0.2) is 21.6 Å². The number of hydrogen-bond acceptors (Lipinski definition) is 5. The van der Waals surface area contributed by atoms with Gasteiger partial charge >= 0.3 is 0 Å². The van der Waals surface area contributed by atoms with E-state index < -0.39 is 10.0 Å². The van der Waals surface area contributed by atoms with E-state index >= 15 is 0 Å². The highest BCUT2D eigenvalue weighted by Crippen LogP contribution is 2.30. The molecule has 0 aliphatic carbocycles. The summed E-state index contributed by atoms with van der Waals surface area (Å²) < 4.78 is 34.0. The Bertz CT molecular complexity index is 1130. The molecule has 0 saturated carbocycles. The van der Waals surface area contributed by atoms with Crippen molar-refractivity contribution in [3.8, 4) is 0 Å². The lowest BCUT2D eigenvalue weighted by Gasteiger charge is -2.31. The van der Waals surface area contributed by atoms with Gasteiger partial charge in [0.1, 0.15) is 5.69 Å². The molecule has 8 heteroatoms. The summed E-state index contributed by atoms with van der Waals surface area (Å²) >= 11 is 0. The number of rotatable bonds is 7. The number of sulfonamides is 1. The molecule has 1 aliphatic rings. The van der Waals surface area contributed by atoms with Crippen molar-refractivity contribution in [2.75, 3.05) is 13.1 Å². The highest BCUT2D eigenvalue weighted by molar-refractivity contribution is 7.89. The summed E-state index contributed by atoms with van der Waals surface area (Å²) in [5.74, 6) is -0.241. The molecule has 33 heavy (non-hydrogen) atoms. The Balaban J connectivity index is 1.88. The van der Waals surface area contributed by atoms with Gasteiger partial charge in [-0.2, -0.15) is 4.31 Å². The Morgan fingerprint density at radius 1 is 1.24 bits per heavy atom. The third-order valence-corrected chi connectivity index (χ3v) is 8.35. The van der Waals surface area contributed by atoms with Crippen LogP contribution in [-0.4, -0.2) is 42.9 Å². The van der Waals surface area contributed by atoms with Crippen LogP contribution in [0.2, 0.25) is 0 Å². The fraction of sp³-hybridized carbons (Fsp3) is 0.520. The van der Waals surface area contributed by atoms with E-state index in [0.29, 0.717) is 25.1 Å². The second-order valence-corrected chi connectivity index (χ2v) is 11.0. The minimum absolute atomic E-state index is 0.0650. The Kier molecular flexibility index (Phi) is 7.80. The zero-order valence-corrected chi connectivity index (χ0v) is 21.3. The summed E-state index contributed by atoms with van der Waals surface area (Å²) in [6.45, 7) is 12.2. The SMILES string of the molecule is CC[C@@H](C)NC(=O)[C@H]1CCCN(S(=O)(=O)c2c(C)noc2/C=C/c2c(C)cc(C)cc2C)C1. The molecule has 1 amide bonds. The Morgan fingerprint density at radius 2 is 1.91 bits per heavy atom. The van der Waals surface area contributed by atoms with Crippen molar-refractivity contribution in [2.24, 2.45) is 5.92 Å². The molecular weight excluding hydrogens is 438 g/mol. The van der Waals surface area contributed by atoms with Crippen molar-refractivity contribution in [3.05, 3.63) is 45.8 Å². The molecule has 3 rings (SSSR count). The lowest BCUT2D eigenvalue weighted by Crippen LogP contribution is -2.47. The molecule has 0 unspecified atom stereocenters. The summed E-state index contributed by atoms with van der Waals surface area (Å²) in [6, 6.07) is 4.25. The van der Waals surface area contributed by atoms with Gasteiger partial charge in [-0.1, -0.05) is 35.9 Å². The first-order valence-corrected chi connectivity index (χ1v) is 13.0. The summed E-state index contributed by atoms with van der Waals surface area (Å²) in [7, 11) is -3.87. The number of piperidine rings is 1. The van der Waals surface area contributed by atoms with Gasteiger partial charge in [0.05, 0.1) is 5.92 Å². The maximum absolute atomic E-state index is 13.6. The first kappa shape index (κ1) is 25.2. The molecule has 2 atom stereocenters. The fourth-order valence-corrected chi connectivity index (χ4v) is 6.15. The standard InChI is InChI=1S/C25H35N3O4S/c1-7-19(5)26-25(29)21-9-8-12-28(15-21)33(30,31)24-20(6)27-32-23(24)11-10-22-17(3)13-16(2)14-18(22)4/h10-11,13-14,19,21H,7-9,12,15H2,1-6H3,(H,26,29)/b11-10+/t19-,21+/m1/s1. The van der Waals surface area contributed by atoms with Gasteiger partial charge in [0.2, 0.25) is 15.9 Å². The molecule has 1 fully saturated rings. The number of nitrogens with one attached hydrogen (secondary N) is 1. The molecule has 1 saturated heterocycles. The van der Waals surface area contributed by atoms with Crippen molar-refractivity contribution in [1.29, 1.82) is 0 Å². The van der Waals surface area contributed by atoms with Gasteiger partial charge in [-0.15, -0.1) is 0 Å². The van der Waals surface area contributed by atoms with Crippen LogP contribution in [0.1, 0.15) is 66.8 Å². The first-order chi connectivity index (χ1) is 15.5. The van der Waals surface area contributed by atoms with Crippen LogP contribution in [-0.2, 0) is 14.8 Å². The smallest absolute Gasteiger partial charge is 0.248 e. The maximum atomic E-state index is 13.6. The summed E-state index contributed by atoms with van der Waals surface area (Å²) in [4.78, 5) is 12.7. The molecule has 2 aromatic rings. The van der Waals surface area contributed by atoms with Crippen LogP contribution in [0, 0.1) is 33.6 Å². The number of benzene rings is 1. The van der Waals surface area contributed by atoms with Crippen LogP contribution >= 0.6 is 0 Å². The van der Waals surface area contributed by atoms with Gasteiger partial charge in [0.15, 0.2) is 10.7 Å². The van der Waals surface area contributed by atoms with Crippen molar-refractivity contribution >= 4 is 28.1 Å². The molecule has 0 radical (unpaired) electrons. The van der Waals surface area contributed by atoms with Gasteiger partial charge in [-0.3, -0.25) is 4.79 Å². The van der Waals surface area contributed by atoms with E-state index in [2.05, 4.69) is 22.6 Å². The number of carbonyl (C=O) groups excluding carboxylic acids is 1. The van der Waals surface area contributed by atoms with E-state index in [0.717, 1.165) is 23.1 Å². The third-order valence-electron chi connectivity index (χ3n) is 6.33. The molecule has 0 spiro atoms. The average molecular weight is 474 g/mol. The van der Waals surface area contributed by atoms with Crippen LogP contribution < -0.4 is 5.32 Å². The normalized spacial score (nSPS) is 18.5. The maximum Gasteiger partial charge on any atom is 0.248 e. The van der Waals surface area contributed by atoms with Crippen LogP contribution in [0.25, 0.3) is 12.2 Å². The second-order valence-electron chi connectivity index (χ2n) is 9.13. The van der Waals surface area contributed by atoms with Crippen LogP contribution in [0.4, 0.5) is 0 Å². The van der Waals surface area contributed by atoms with Crippen molar-refractivity contribution in [3.63, 3.8) is 0 Å². The van der Waals surface area contributed by atoms with E-state index in [1.54, 1.807) is 13.0 Å². The van der Waals surface area contributed by atoms with Gasteiger partial charge in [0.25, 0.3) is 0 Å². The van der Waals surface area contributed by atoms with Crippen LogP contribution in [0.5, 0.6) is 0 Å².